The maximum absolute atomic E-state index is 14.6. The molecular formula is C47H49NO9. The van der Waals surface area contributed by atoms with Crippen LogP contribution in [0.5, 0.6) is 17.2 Å². The third kappa shape index (κ3) is 9.67. The van der Waals surface area contributed by atoms with E-state index >= 15 is 0 Å². The maximum atomic E-state index is 14.6. The summed E-state index contributed by atoms with van der Waals surface area (Å²) in [4.78, 5) is 16.3. The quantitative estimate of drug-likeness (QED) is 0.0922. The second kappa shape index (κ2) is 19.5. The molecule has 10 heteroatoms. The zero-order chi connectivity index (χ0) is 39.4. The molecule has 1 amide bonds. The molecule has 0 saturated carbocycles. The molecule has 0 unspecified atom stereocenters. The Labute approximate surface area is 334 Å². The van der Waals surface area contributed by atoms with E-state index in [2.05, 4.69) is 0 Å². The molecular weight excluding hydrogens is 723 g/mol. The summed E-state index contributed by atoms with van der Waals surface area (Å²) in [5.74, 6) is 1.27. The molecule has 1 fully saturated rings. The second-order valence-corrected chi connectivity index (χ2v) is 13.7. The van der Waals surface area contributed by atoms with Gasteiger partial charge in [0.1, 0.15) is 30.7 Å². The molecule has 2 aliphatic rings. The largest absolute Gasteiger partial charge is 0.484 e. The highest BCUT2D eigenvalue weighted by atomic mass is 16.7. The van der Waals surface area contributed by atoms with E-state index in [1.54, 1.807) is 18.1 Å². The van der Waals surface area contributed by atoms with E-state index in [1.807, 2.05) is 141 Å². The average Bonchev–Trinajstić information content (AvgIpc) is 3.74. The smallest absolute Gasteiger partial charge is 0.258 e. The molecule has 2 heterocycles. The highest BCUT2D eigenvalue weighted by Gasteiger charge is 2.47. The summed E-state index contributed by atoms with van der Waals surface area (Å²) in [7, 11) is 1.58. The molecule has 0 spiro atoms. The molecule has 5 aromatic carbocycles. The van der Waals surface area contributed by atoms with Crippen LogP contribution in [0.4, 0.5) is 0 Å². The molecule has 57 heavy (non-hydrogen) atoms. The number of benzene rings is 5. The van der Waals surface area contributed by atoms with Gasteiger partial charge in [0, 0.05) is 20.2 Å². The minimum absolute atomic E-state index is 0.0170. The summed E-state index contributed by atoms with van der Waals surface area (Å²) < 4.78 is 51.4. The number of hydrogen-bond acceptors (Lipinski definition) is 9. The summed E-state index contributed by atoms with van der Waals surface area (Å²) in [6.45, 7) is 5.86. The van der Waals surface area contributed by atoms with Gasteiger partial charge >= 0.3 is 0 Å². The lowest BCUT2D eigenvalue weighted by molar-refractivity contribution is -0.270. The van der Waals surface area contributed by atoms with Crippen LogP contribution in [0.25, 0.3) is 6.08 Å². The van der Waals surface area contributed by atoms with Gasteiger partial charge in [-0.1, -0.05) is 121 Å². The Morgan fingerprint density at radius 3 is 1.72 bits per heavy atom. The Kier molecular flexibility index (Phi) is 13.5. The number of hydrogen-bond donors (Lipinski definition) is 0. The van der Waals surface area contributed by atoms with Crippen LogP contribution in [0.1, 0.15) is 52.0 Å². The lowest BCUT2D eigenvalue weighted by Gasteiger charge is -2.43. The molecule has 4 atom stereocenters. The van der Waals surface area contributed by atoms with E-state index in [1.165, 1.54) is 0 Å². The first-order valence-electron chi connectivity index (χ1n) is 19.4. The molecule has 0 aromatic heterocycles. The predicted octanol–water partition coefficient (Wildman–Crippen LogP) is 8.58. The monoisotopic (exact) mass is 771 g/mol. The average molecular weight is 772 g/mol. The van der Waals surface area contributed by atoms with Crippen LogP contribution in [0.15, 0.2) is 133 Å². The number of fused-ring (bicyclic) bond motifs is 1. The Morgan fingerprint density at radius 2 is 1.19 bits per heavy atom. The fourth-order valence-corrected chi connectivity index (χ4v) is 6.94. The second-order valence-electron chi connectivity index (χ2n) is 13.7. The van der Waals surface area contributed by atoms with E-state index in [0.29, 0.717) is 47.2 Å². The normalized spacial score (nSPS) is 19.2. The number of carbonyl (C=O) groups excluding carboxylic acids is 1. The molecule has 10 nitrogen and oxygen atoms in total. The molecule has 7 rings (SSSR count). The highest BCUT2D eigenvalue weighted by Crippen LogP contribution is 2.47. The van der Waals surface area contributed by atoms with Crippen LogP contribution in [0.3, 0.4) is 0 Å². The standard InChI is InChI=1S/C47H49NO9/c1-4-48(5-2)46(49)40-37(26-38-41(56-32-55-38)43(40)52-29-34-20-12-7-13-21-34)27-39-42(51-28-33-18-10-6-11-19-33)44(53-30-35-22-14-8-15-23-35)45(47(50-3)57-39)54-31-36-24-16-9-17-25-36/h6-27,42,44-45,47H,4-5,28-32H2,1-3H3/b39-27+/t42-,44-,45+,47-/m0/s1. The van der Waals surface area contributed by atoms with Crippen LogP contribution >= 0.6 is 0 Å². The number of methoxy groups -OCH3 is 1. The summed E-state index contributed by atoms with van der Waals surface area (Å²) >= 11 is 0. The summed E-state index contributed by atoms with van der Waals surface area (Å²) in [6, 6.07) is 41.3. The summed E-state index contributed by atoms with van der Waals surface area (Å²) in [6.07, 6.45) is -1.33. The Hall–Kier alpha value is -5.65. The van der Waals surface area contributed by atoms with Gasteiger partial charge in [0.25, 0.3) is 5.91 Å². The predicted molar refractivity (Wildman–Crippen MR) is 216 cm³/mol. The number of ether oxygens (including phenoxy) is 8. The van der Waals surface area contributed by atoms with Crippen molar-refractivity contribution in [3.8, 4) is 17.2 Å². The first-order valence-corrected chi connectivity index (χ1v) is 19.4. The van der Waals surface area contributed by atoms with Gasteiger partial charge in [0.2, 0.25) is 18.8 Å². The fraction of sp³-hybridized carbons (Fsp3) is 0.298. The minimum atomic E-state index is -0.901. The Morgan fingerprint density at radius 1 is 0.684 bits per heavy atom. The highest BCUT2D eigenvalue weighted by molar-refractivity contribution is 6.02. The molecule has 5 aromatic rings. The number of nitrogens with zero attached hydrogens (tertiary/aromatic N) is 1. The van der Waals surface area contributed by atoms with Gasteiger partial charge in [-0.25, -0.2) is 0 Å². The van der Waals surface area contributed by atoms with E-state index in [0.717, 1.165) is 22.3 Å². The molecule has 0 aliphatic carbocycles. The zero-order valence-corrected chi connectivity index (χ0v) is 32.6. The van der Waals surface area contributed by atoms with E-state index in [4.69, 9.17) is 37.9 Å². The zero-order valence-electron chi connectivity index (χ0n) is 32.6. The number of carbonyl (C=O) groups is 1. The molecule has 2 aliphatic heterocycles. The number of rotatable bonds is 17. The van der Waals surface area contributed by atoms with Gasteiger partial charge in [-0.2, -0.15) is 0 Å². The van der Waals surface area contributed by atoms with Gasteiger partial charge in [-0.15, -0.1) is 0 Å². The van der Waals surface area contributed by atoms with Crippen molar-refractivity contribution in [2.45, 2.75) is 64.9 Å². The summed E-state index contributed by atoms with van der Waals surface area (Å²) in [5, 5.41) is 0. The van der Waals surface area contributed by atoms with Crippen LogP contribution < -0.4 is 14.2 Å². The topological polar surface area (TPSA) is 94.2 Å². The van der Waals surface area contributed by atoms with Crippen LogP contribution in [0, 0.1) is 0 Å². The first-order chi connectivity index (χ1) is 28.1. The molecule has 0 bridgehead atoms. The van der Waals surface area contributed by atoms with Crippen LogP contribution in [-0.2, 0) is 50.1 Å². The number of amides is 1. The third-order valence-electron chi connectivity index (χ3n) is 9.94. The van der Waals surface area contributed by atoms with E-state index in [9.17, 15) is 4.79 Å². The lowest BCUT2D eigenvalue weighted by atomic mass is 9.96. The lowest BCUT2D eigenvalue weighted by Crippen LogP contribution is -2.55. The van der Waals surface area contributed by atoms with Gasteiger partial charge in [0.15, 0.2) is 11.5 Å². The van der Waals surface area contributed by atoms with E-state index < -0.39 is 24.6 Å². The van der Waals surface area contributed by atoms with Crippen molar-refractivity contribution in [3.63, 3.8) is 0 Å². The SMILES string of the molecule is CCN(CC)C(=O)c1c(/C=C2/O[C@H](OC)[C@H](OCc3ccccc3)[C@@H](OCc3ccccc3)[C@H]2OCc2ccccc2)cc2c(c1OCc1ccccc1)OCO2. The van der Waals surface area contributed by atoms with Crippen LogP contribution in [0.2, 0.25) is 0 Å². The Balaban J connectivity index is 1.35. The Bertz CT molecular complexity index is 2060. The molecule has 296 valence electrons. The van der Waals surface area contributed by atoms with Crippen molar-refractivity contribution in [2.75, 3.05) is 27.0 Å². The van der Waals surface area contributed by atoms with Gasteiger partial charge in [-0.3, -0.25) is 4.79 Å². The van der Waals surface area contributed by atoms with Crippen molar-refractivity contribution in [3.05, 3.63) is 167 Å². The van der Waals surface area contributed by atoms with Crippen molar-refractivity contribution < 1.29 is 42.7 Å². The van der Waals surface area contributed by atoms with E-state index in [-0.39, 0.29) is 39.1 Å². The van der Waals surface area contributed by atoms with Gasteiger partial charge in [0.05, 0.1) is 25.4 Å². The van der Waals surface area contributed by atoms with Crippen LogP contribution in [-0.4, -0.2) is 62.4 Å². The van der Waals surface area contributed by atoms with Crippen molar-refractivity contribution in [1.29, 1.82) is 0 Å². The maximum Gasteiger partial charge on any atom is 0.258 e. The minimum Gasteiger partial charge on any atom is -0.484 e. The molecule has 1 saturated heterocycles. The molecule has 0 N–H and O–H groups in total. The van der Waals surface area contributed by atoms with Crippen molar-refractivity contribution in [1.82, 2.24) is 4.90 Å². The van der Waals surface area contributed by atoms with Crippen molar-refractivity contribution >= 4 is 12.0 Å². The molecule has 0 radical (unpaired) electrons. The fourth-order valence-electron chi connectivity index (χ4n) is 6.94. The van der Waals surface area contributed by atoms with Gasteiger partial charge in [-0.05, 0) is 53.8 Å². The first kappa shape index (κ1) is 39.6. The van der Waals surface area contributed by atoms with Gasteiger partial charge < -0.3 is 42.8 Å². The summed E-state index contributed by atoms with van der Waals surface area (Å²) in [5.41, 5.74) is 4.68. The van der Waals surface area contributed by atoms with Crippen molar-refractivity contribution in [2.24, 2.45) is 0 Å². The third-order valence-corrected chi connectivity index (χ3v) is 9.94.